The van der Waals surface area contributed by atoms with Crippen molar-refractivity contribution in [3.8, 4) is 0 Å². The van der Waals surface area contributed by atoms with Crippen molar-refractivity contribution in [1.82, 2.24) is 4.98 Å². The zero-order chi connectivity index (χ0) is 8.10. The molecule has 0 fully saturated rings. The molecule has 0 N–H and O–H groups in total. The predicted octanol–water partition coefficient (Wildman–Crippen LogP) is 2.92. The summed E-state index contributed by atoms with van der Waals surface area (Å²) in [6.07, 6.45) is 3.57. The Balaban J connectivity index is 0.000000281. The van der Waals surface area contributed by atoms with E-state index < -0.39 is 0 Å². The maximum absolute atomic E-state index is 3.94. The molecule has 0 aliphatic carbocycles. The summed E-state index contributed by atoms with van der Waals surface area (Å²) in [5, 5.41) is 3.97. The lowest BCUT2D eigenvalue weighted by molar-refractivity contribution is 1.37. The van der Waals surface area contributed by atoms with Gasteiger partial charge in [-0.2, -0.15) is 0 Å². The minimum atomic E-state index is 1.06. The third-order valence-electron chi connectivity index (χ3n) is 1.13. The molecule has 0 saturated heterocycles. The van der Waals surface area contributed by atoms with E-state index in [1.807, 2.05) is 19.9 Å². The van der Waals surface area contributed by atoms with Crippen LogP contribution < -0.4 is 0 Å². The van der Waals surface area contributed by atoms with E-state index >= 15 is 0 Å². The van der Waals surface area contributed by atoms with Crippen molar-refractivity contribution in [2.45, 2.75) is 13.8 Å². The van der Waals surface area contributed by atoms with Gasteiger partial charge in [-0.05, 0) is 17.5 Å². The highest BCUT2D eigenvalue weighted by atomic mass is 32.1. The van der Waals surface area contributed by atoms with Crippen LogP contribution in [-0.4, -0.2) is 4.98 Å². The average molecular weight is 163 g/mol. The highest BCUT2D eigenvalue weighted by Crippen LogP contribution is 2.12. The van der Waals surface area contributed by atoms with Crippen LogP contribution in [0.3, 0.4) is 0 Å². The number of fused-ring (bicyclic) bond motifs is 1. The van der Waals surface area contributed by atoms with Crippen LogP contribution >= 0.6 is 11.3 Å². The van der Waals surface area contributed by atoms with Gasteiger partial charge in [-0.25, -0.2) is 0 Å². The van der Waals surface area contributed by atoms with Gasteiger partial charge in [0.1, 0.15) is 0 Å². The lowest BCUT2D eigenvalue weighted by atomic mass is 10.4. The largest absolute Gasteiger partial charge is 0.263 e. The Labute approximate surface area is 70.7 Å². The molecular formula is C9H9NS. The predicted molar refractivity (Wildman–Crippen MR) is 48.6 cm³/mol. The number of hydrogen-bond acceptors (Lipinski definition) is 2. The van der Waals surface area contributed by atoms with Crippen LogP contribution in [0.1, 0.15) is 13.8 Å². The summed E-state index contributed by atoms with van der Waals surface area (Å²) < 4.78 is 1.20. The topological polar surface area (TPSA) is 12.9 Å². The van der Waals surface area contributed by atoms with Gasteiger partial charge in [0.25, 0.3) is 0 Å². The second-order valence-corrected chi connectivity index (χ2v) is 2.55. The van der Waals surface area contributed by atoms with Crippen LogP contribution in [0.25, 0.3) is 10.1 Å². The van der Waals surface area contributed by atoms with E-state index in [2.05, 4.69) is 16.4 Å². The van der Waals surface area contributed by atoms with Crippen LogP contribution in [0.4, 0.5) is 0 Å². The molecule has 0 aliphatic heterocycles. The first-order valence-corrected chi connectivity index (χ1v) is 4.40. The van der Waals surface area contributed by atoms with Crippen molar-refractivity contribution in [2.75, 3.05) is 0 Å². The van der Waals surface area contributed by atoms with Gasteiger partial charge < -0.3 is 0 Å². The number of aromatic nitrogens is 1. The molecule has 2 heterocycles. The molecule has 0 atom stereocenters. The molecule has 0 saturated carbocycles. The summed E-state index contributed by atoms with van der Waals surface area (Å²) in [7, 11) is 0. The van der Waals surface area contributed by atoms with E-state index in [9.17, 15) is 0 Å². The monoisotopic (exact) mass is 163 g/mol. The molecule has 1 nitrogen and oxygen atoms in total. The fourth-order valence-corrected chi connectivity index (χ4v) is 1.31. The van der Waals surface area contributed by atoms with Gasteiger partial charge in [0.15, 0.2) is 0 Å². The molecule has 11 heavy (non-hydrogen) atoms. The molecule has 0 aliphatic rings. The van der Waals surface area contributed by atoms with Crippen molar-refractivity contribution in [2.24, 2.45) is 0 Å². The van der Waals surface area contributed by atoms with Crippen molar-refractivity contribution >= 4 is 21.4 Å². The SMILES string of the molecule is CC.c1sc2ccncc2c#1. The van der Waals surface area contributed by atoms with Gasteiger partial charge >= 0.3 is 0 Å². The minimum absolute atomic E-state index is 1.06. The molecule has 0 radical (unpaired) electrons. The fraction of sp³-hybridized carbons (Fsp3) is 0.222. The Hall–Kier alpha value is -1.07. The Bertz CT molecular complexity index is 284. The molecule has 0 aromatic carbocycles. The Morgan fingerprint density at radius 1 is 1.45 bits per heavy atom. The standard InChI is InChI=1S/C7H3NS.C2H6/c1-3-8-5-6-2-4-9-7(1)6;1-2/h1,3,5H;1-2H3. The Morgan fingerprint density at radius 3 is 3.00 bits per heavy atom. The minimum Gasteiger partial charge on any atom is -0.263 e. The summed E-state index contributed by atoms with van der Waals surface area (Å²) in [6, 6.07) is 4.92. The molecule has 0 amide bonds. The maximum atomic E-state index is 3.94. The number of hydrogen-bond donors (Lipinski definition) is 0. The summed E-state index contributed by atoms with van der Waals surface area (Å²) in [5.74, 6) is 0. The van der Waals surface area contributed by atoms with E-state index in [0.717, 1.165) is 5.39 Å². The number of rotatable bonds is 0. The van der Waals surface area contributed by atoms with E-state index in [4.69, 9.17) is 0 Å². The third kappa shape index (κ3) is 1.69. The number of nitrogens with zero attached hydrogens (tertiary/aromatic N) is 1. The van der Waals surface area contributed by atoms with Crippen LogP contribution in [-0.2, 0) is 0 Å². The Kier molecular flexibility index (Phi) is 2.88. The highest BCUT2D eigenvalue weighted by molar-refractivity contribution is 7.16. The van der Waals surface area contributed by atoms with E-state index in [0.29, 0.717) is 0 Å². The first kappa shape index (κ1) is 8.03. The maximum Gasteiger partial charge on any atom is 0.0619 e. The first-order chi connectivity index (χ1) is 5.47. The fourth-order valence-electron chi connectivity index (χ4n) is 0.700. The van der Waals surface area contributed by atoms with Gasteiger partial charge in [-0.1, -0.05) is 25.2 Å². The van der Waals surface area contributed by atoms with E-state index in [1.165, 1.54) is 4.70 Å². The van der Waals surface area contributed by atoms with E-state index in [-0.39, 0.29) is 0 Å². The second kappa shape index (κ2) is 3.95. The van der Waals surface area contributed by atoms with Crippen molar-refractivity contribution in [3.05, 3.63) is 29.9 Å². The van der Waals surface area contributed by atoms with E-state index in [1.54, 1.807) is 23.7 Å². The summed E-state index contributed by atoms with van der Waals surface area (Å²) >= 11 is 1.57. The van der Waals surface area contributed by atoms with Gasteiger partial charge in [0.05, 0.1) is 10.1 Å². The molecule has 56 valence electrons. The lowest BCUT2D eigenvalue weighted by Gasteiger charge is -1.80. The van der Waals surface area contributed by atoms with Crippen LogP contribution in [0, 0.1) is 11.4 Å². The van der Waals surface area contributed by atoms with Crippen LogP contribution in [0.2, 0.25) is 0 Å². The van der Waals surface area contributed by atoms with Crippen molar-refractivity contribution in [3.63, 3.8) is 0 Å². The third-order valence-corrected chi connectivity index (χ3v) is 1.91. The Morgan fingerprint density at radius 2 is 2.27 bits per heavy atom. The molecule has 2 aromatic heterocycles. The quantitative estimate of drug-likeness (QED) is 0.582. The van der Waals surface area contributed by atoms with Gasteiger partial charge in [-0.3, -0.25) is 4.98 Å². The molecular weight excluding hydrogens is 154 g/mol. The smallest absolute Gasteiger partial charge is 0.0619 e. The molecule has 2 rings (SSSR count). The molecule has 2 heteroatoms. The van der Waals surface area contributed by atoms with Gasteiger partial charge in [-0.15, -0.1) is 0 Å². The van der Waals surface area contributed by atoms with Crippen LogP contribution in [0.5, 0.6) is 0 Å². The van der Waals surface area contributed by atoms with Gasteiger partial charge in [0.2, 0.25) is 0 Å². The summed E-state index contributed by atoms with van der Waals surface area (Å²) in [5.41, 5.74) is 0. The van der Waals surface area contributed by atoms with Crippen molar-refractivity contribution in [1.29, 1.82) is 0 Å². The lowest BCUT2D eigenvalue weighted by Crippen LogP contribution is -1.64. The summed E-state index contributed by atoms with van der Waals surface area (Å²) in [4.78, 5) is 3.94. The van der Waals surface area contributed by atoms with Crippen molar-refractivity contribution < 1.29 is 0 Å². The molecule has 0 spiro atoms. The zero-order valence-electron chi connectivity index (χ0n) is 6.59. The first-order valence-electron chi connectivity index (χ1n) is 3.59. The molecule has 0 bridgehead atoms. The average Bonchev–Trinajstić information content (AvgIpc) is 2.55. The summed E-state index contributed by atoms with van der Waals surface area (Å²) in [6.45, 7) is 4.00. The van der Waals surface area contributed by atoms with Crippen LogP contribution in [0.15, 0.2) is 18.5 Å². The second-order valence-electron chi connectivity index (χ2n) is 1.70. The van der Waals surface area contributed by atoms with Gasteiger partial charge in [0, 0.05) is 12.4 Å². The normalized spacial score (nSPS) is 8.18. The zero-order valence-corrected chi connectivity index (χ0v) is 7.40. The number of pyridine rings is 1. The highest BCUT2D eigenvalue weighted by Gasteiger charge is 1.87. The molecule has 2 aromatic rings. The molecule has 0 unspecified atom stereocenters.